The summed E-state index contributed by atoms with van der Waals surface area (Å²) in [5, 5.41) is -0.0613. The number of nitrogens with one attached hydrogen (secondary N) is 1. The molecule has 2 rings (SSSR count). The molecule has 0 heterocycles. The van der Waals surface area contributed by atoms with E-state index in [2.05, 4.69) is 4.72 Å². The average molecular weight is 420 g/mol. The molecule has 0 aliphatic heterocycles. The molecule has 0 saturated carbocycles. The second kappa shape index (κ2) is 8.35. The molecule has 0 radical (unpaired) electrons. The minimum atomic E-state index is -3.92. The fourth-order valence-electron chi connectivity index (χ4n) is 2.37. The lowest BCUT2D eigenvalue weighted by molar-refractivity contribution is 0.354. The predicted molar refractivity (Wildman–Crippen MR) is 101 cm³/mol. The minimum absolute atomic E-state index is 0.0378. The first-order valence-corrected chi connectivity index (χ1v) is 9.75. The fraction of sp³-hybridized carbons (Fsp3) is 0.294. The molecule has 0 aliphatic carbocycles. The highest BCUT2D eigenvalue weighted by Gasteiger charge is 2.24. The van der Waals surface area contributed by atoms with Crippen molar-refractivity contribution < 1.29 is 22.6 Å². The molecular formula is C17H19Cl2NO5S. The SMILES string of the molecule is COc1ccc([C@@H](C)NS(=O)(=O)c2ccc(OC)c(Cl)c2Cl)cc1OC. The molecule has 6 nitrogen and oxygen atoms in total. The van der Waals surface area contributed by atoms with Gasteiger partial charge in [0.15, 0.2) is 11.5 Å². The Morgan fingerprint density at radius 3 is 2.04 bits per heavy atom. The van der Waals surface area contributed by atoms with Crippen molar-refractivity contribution in [1.82, 2.24) is 4.72 Å². The van der Waals surface area contributed by atoms with Crippen LogP contribution in [0.5, 0.6) is 17.2 Å². The Bertz CT molecular complexity index is 902. The summed E-state index contributed by atoms with van der Waals surface area (Å²) < 4.78 is 43.5. The largest absolute Gasteiger partial charge is 0.495 e. The summed E-state index contributed by atoms with van der Waals surface area (Å²) in [5.41, 5.74) is 0.696. The third kappa shape index (κ3) is 4.17. The molecule has 1 N–H and O–H groups in total. The van der Waals surface area contributed by atoms with Crippen molar-refractivity contribution in [2.75, 3.05) is 21.3 Å². The fourth-order valence-corrected chi connectivity index (χ4v) is 4.44. The molecule has 0 fully saturated rings. The van der Waals surface area contributed by atoms with Crippen molar-refractivity contribution in [3.05, 3.63) is 45.9 Å². The maximum Gasteiger partial charge on any atom is 0.242 e. The van der Waals surface area contributed by atoms with Crippen LogP contribution in [0, 0.1) is 0 Å². The van der Waals surface area contributed by atoms with Gasteiger partial charge in [-0.05, 0) is 36.8 Å². The van der Waals surface area contributed by atoms with Gasteiger partial charge < -0.3 is 14.2 Å². The van der Waals surface area contributed by atoms with Crippen LogP contribution in [0.25, 0.3) is 0 Å². The van der Waals surface area contributed by atoms with E-state index in [-0.39, 0.29) is 14.9 Å². The molecule has 0 saturated heterocycles. The Kier molecular flexibility index (Phi) is 6.63. The van der Waals surface area contributed by atoms with Crippen LogP contribution in [0.1, 0.15) is 18.5 Å². The van der Waals surface area contributed by atoms with E-state index in [1.54, 1.807) is 25.1 Å². The highest BCUT2D eigenvalue weighted by atomic mass is 35.5. The van der Waals surface area contributed by atoms with Gasteiger partial charge in [-0.15, -0.1) is 0 Å². The second-order valence-electron chi connectivity index (χ2n) is 5.35. The Balaban J connectivity index is 2.34. The lowest BCUT2D eigenvalue weighted by Gasteiger charge is -2.18. The average Bonchev–Trinajstić information content (AvgIpc) is 2.62. The minimum Gasteiger partial charge on any atom is -0.495 e. The van der Waals surface area contributed by atoms with Crippen LogP contribution < -0.4 is 18.9 Å². The number of sulfonamides is 1. The van der Waals surface area contributed by atoms with Crippen LogP contribution >= 0.6 is 23.2 Å². The van der Waals surface area contributed by atoms with E-state index in [0.29, 0.717) is 22.8 Å². The van der Waals surface area contributed by atoms with E-state index in [1.165, 1.54) is 33.5 Å². The summed E-state index contributed by atoms with van der Waals surface area (Å²) in [6.07, 6.45) is 0. The first-order valence-electron chi connectivity index (χ1n) is 7.51. The first kappa shape index (κ1) is 20.6. The molecule has 0 bridgehead atoms. The molecule has 0 aromatic heterocycles. The quantitative estimate of drug-likeness (QED) is 0.732. The predicted octanol–water partition coefficient (Wildman–Crippen LogP) is 4.06. The highest BCUT2D eigenvalue weighted by Crippen LogP contribution is 2.37. The normalized spacial score (nSPS) is 12.5. The van der Waals surface area contributed by atoms with E-state index >= 15 is 0 Å². The van der Waals surface area contributed by atoms with Crippen molar-refractivity contribution in [2.45, 2.75) is 17.9 Å². The van der Waals surface area contributed by atoms with Crippen LogP contribution in [0.4, 0.5) is 0 Å². The van der Waals surface area contributed by atoms with Crippen LogP contribution in [0.3, 0.4) is 0 Å². The molecule has 2 aromatic rings. The van der Waals surface area contributed by atoms with Crippen molar-refractivity contribution >= 4 is 33.2 Å². The number of ether oxygens (including phenoxy) is 3. The summed E-state index contributed by atoms with van der Waals surface area (Å²) in [6.45, 7) is 1.71. The summed E-state index contributed by atoms with van der Waals surface area (Å²) in [6, 6.07) is 7.40. The van der Waals surface area contributed by atoms with Gasteiger partial charge in [0.05, 0.1) is 26.4 Å². The van der Waals surface area contributed by atoms with Crippen molar-refractivity contribution in [3.63, 3.8) is 0 Å². The van der Waals surface area contributed by atoms with E-state index in [0.717, 1.165) is 0 Å². The number of benzene rings is 2. The molecule has 142 valence electrons. The maximum atomic E-state index is 12.7. The van der Waals surface area contributed by atoms with E-state index in [9.17, 15) is 8.42 Å². The van der Waals surface area contributed by atoms with Gasteiger partial charge in [0.2, 0.25) is 10.0 Å². The number of hydrogen-bond acceptors (Lipinski definition) is 5. The van der Waals surface area contributed by atoms with Gasteiger partial charge in [0.25, 0.3) is 0 Å². The Hall–Kier alpha value is -1.67. The van der Waals surface area contributed by atoms with Crippen LogP contribution in [0.15, 0.2) is 35.2 Å². The lowest BCUT2D eigenvalue weighted by atomic mass is 10.1. The van der Waals surface area contributed by atoms with Crippen LogP contribution in [-0.2, 0) is 10.0 Å². The van der Waals surface area contributed by atoms with E-state index < -0.39 is 16.1 Å². The zero-order chi connectivity index (χ0) is 19.5. The van der Waals surface area contributed by atoms with Gasteiger partial charge in [0, 0.05) is 6.04 Å². The monoisotopic (exact) mass is 419 g/mol. The Labute approximate surface area is 163 Å². The third-order valence-electron chi connectivity index (χ3n) is 3.76. The molecule has 26 heavy (non-hydrogen) atoms. The van der Waals surface area contributed by atoms with Crippen LogP contribution in [0.2, 0.25) is 10.0 Å². The smallest absolute Gasteiger partial charge is 0.242 e. The second-order valence-corrected chi connectivity index (χ2v) is 7.79. The van der Waals surface area contributed by atoms with Gasteiger partial charge in [0.1, 0.15) is 15.7 Å². The maximum absolute atomic E-state index is 12.7. The van der Waals surface area contributed by atoms with Gasteiger partial charge in [-0.2, -0.15) is 0 Å². The molecule has 2 aromatic carbocycles. The number of rotatable bonds is 7. The van der Waals surface area contributed by atoms with Crippen LogP contribution in [-0.4, -0.2) is 29.7 Å². The molecule has 9 heteroatoms. The number of hydrogen-bond donors (Lipinski definition) is 1. The molecule has 0 amide bonds. The molecular weight excluding hydrogens is 401 g/mol. The topological polar surface area (TPSA) is 73.9 Å². The van der Waals surface area contributed by atoms with Gasteiger partial charge in [-0.1, -0.05) is 29.3 Å². The zero-order valence-electron chi connectivity index (χ0n) is 14.7. The van der Waals surface area contributed by atoms with Gasteiger partial charge in [-0.25, -0.2) is 13.1 Å². The van der Waals surface area contributed by atoms with Crippen molar-refractivity contribution in [3.8, 4) is 17.2 Å². The zero-order valence-corrected chi connectivity index (χ0v) is 17.0. The number of methoxy groups -OCH3 is 3. The van der Waals surface area contributed by atoms with Gasteiger partial charge in [-0.3, -0.25) is 0 Å². The van der Waals surface area contributed by atoms with E-state index in [1.807, 2.05) is 0 Å². The number of halogens is 2. The summed E-state index contributed by atoms with van der Waals surface area (Å²) in [7, 11) is 0.541. The van der Waals surface area contributed by atoms with Gasteiger partial charge >= 0.3 is 0 Å². The summed E-state index contributed by atoms with van der Waals surface area (Å²) in [5.74, 6) is 1.35. The molecule has 0 spiro atoms. The molecule has 1 atom stereocenters. The van der Waals surface area contributed by atoms with Crippen molar-refractivity contribution in [1.29, 1.82) is 0 Å². The first-order chi connectivity index (χ1) is 12.2. The highest BCUT2D eigenvalue weighted by molar-refractivity contribution is 7.89. The molecule has 0 aliphatic rings. The third-order valence-corrected chi connectivity index (χ3v) is 6.32. The van der Waals surface area contributed by atoms with Crippen molar-refractivity contribution in [2.24, 2.45) is 0 Å². The Morgan fingerprint density at radius 2 is 1.46 bits per heavy atom. The Morgan fingerprint density at radius 1 is 0.885 bits per heavy atom. The summed E-state index contributed by atoms with van der Waals surface area (Å²) in [4.78, 5) is -0.128. The lowest BCUT2D eigenvalue weighted by Crippen LogP contribution is -2.27. The van der Waals surface area contributed by atoms with E-state index in [4.69, 9.17) is 37.4 Å². The standard InChI is InChI=1S/C17H19Cl2NO5S/c1-10(11-5-6-12(23-2)14(9-11)25-4)20-26(21,22)15-8-7-13(24-3)16(18)17(15)19/h5-10,20H,1-4H3/t10-/m1/s1. The summed E-state index contributed by atoms with van der Waals surface area (Å²) >= 11 is 12.2. The molecule has 0 unspecified atom stereocenters.